The van der Waals surface area contributed by atoms with E-state index in [1.807, 2.05) is 25.7 Å². The molecule has 0 radical (unpaired) electrons. The van der Waals surface area contributed by atoms with Crippen LogP contribution < -0.4 is 9.64 Å². The van der Waals surface area contributed by atoms with Gasteiger partial charge in [0.15, 0.2) is 5.75 Å². The number of ether oxygens (including phenoxy) is 2. The number of rotatable bonds is 5. The number of amides is 1. The van der Waals surface area contributed by atoms with E-state index < -0.39 is 0 Å². The molecule has 3 fully saturated rings. The Bertz CT molecular complexity index is 1350. The van der Waals surface area contributed by atoms with Crippen molar-refractivity contribution in [1.29, 1.82) is 0 Å². The first kappa shape index (κ1) is 27.0. The van der Waals surface area contributed by atoms with Gasteiger partial charge in [-0.15, -0.1) is 5.10 Å². The maximum absolute atomic E-state index is 13.2. The van der Waals surface area contributed by atoms with Crippen molar-refractivity contribution < 1.29 is 14.3 Å². The van der Waals surface area contributed by atoms with E-state index in [9.17, 15) is 4.79 Å². The van der Waals surface area contributed by atoms with Gasteiger partial charge < -0.3 is 19.3 Å². The van der Waals surface area contributed by atoms with Crippen LogP contribution in [0, 0.1) is 26.7 Å². The molecular weight excluding hydrogens is 504 g/mol. The average Bonchev–Trinajstić information content (AvgIpc) is 3.56. The smallest absolute Gasteiger partial charge is 0.253 e. The molecule has 4 heterocycles. The fraction of sp³-hybridized carbons (Fsp3) is 0.613. The van der Waals surface area contributed by atoms with Crippen LogP contribution in [0.3, 0.4) is 0 Å². The third-order valence-corrected chi connectivity index (χ3v) is 8.91. The summed E-state index contributed by atoms with van der Waals surface area (Å²) in [4.78, 5) is 26.6. The molecule has 0 N–H and O–H groups in total. The van der Waals surface area contributed by atoms with Gasteiger partial charge in [-0.25, -0.2) is 4.98 Å². The maximum atomic E-state index is 13.2. The second kappa shape index (κ2) is 11.0. The van der Waals surface area contributed by atoms with Crippen LogP contribution in [0.1, 0.15) is 74.6 Å². The molecule has 2 aliphatic heterocycles. The molecule has 2 aromatic heterocycles. The van der Waals surface area contributed by atoms with Gasteiger partial charge in [0.1, 0.15) is 11.9 Å². The van der Waals surface area contributed by atoms with E-state index in [2.05, 4.69) is 58.1 Å². The molecule has 1 amide bonds. The lowest BCUT2D eigenvalue weighted by Gasteiger charge is -2.38. The van der Waals surface area contributed by atoms with Crippen LogP contribution in [-0.2, 0) is 9.53 Å². The highest BCUT2D eigenvalue weighted by Crippen LogP contribution is 2.38. The standard InChI is InChI=1S/C31H42N6O3/c1-19-16-36(17-20(2)39-19)30(38)26-8-6-24(7-9-26)25-10-12-27(13-11-25)35-15-14-28(18-35)40-29-21(3)32-31-33-23(5)34-37(31)22(29)4/h10-13,19-20,24,26,28H,6-9,14-18H2,1-5H3/t19-,20-,24-,26-,28-/m1/s1. The molecule has 3 aliphatic rings. The quantitative estimate of drug-likeness (QED) is 0.462. The molecule has 6 rings (SSSR count). The maximum Gasteiger partial charge on any atom is 0.253 e. The van der Waals surface area contributed by atoms with Gasteiger partial charge in [-0.1, -0.05) is 12.1 Å². The van der Waals surface area contributed by atoms with Gasteiger partial charge in [-0.3, -0.25) is 4.79 Å². The van der Waals surface area contributed by atoms with Crippen LogP contribution in [0.5, 0.6) is 5.75 Å². The molecular formula is C31H42N6O3. The van der Waals surface area contributed by atoms with Crippen LogP contribution in [0.4, 0.5) is 5.69 Å². The third-order valence-electron chi connectivity index (χ3n) is 8.91. The minimum atomic E-state index is 0.103. The summed E-state index contributed by atoms with van der Waals surface area (Å²) in [7, 11) is 0. The van der Waals surface area contributed by atoms with Crippen molar-refractivity contribution in [2.24, 2.45) is 5.92 Å². The highest BCUT2D eigenvalue weighted by atomic mass is 16.5. The molecule has 1 aromatic carbocycles. The van der Waals surface area contributed by atoms with E-state index in [1.54, 1.807) is 4.52 Å². The second-order valence-electron chi connectivity index (χ2n) is 12.1. The normalized spacial score (nSPS) is 27.4. The molecule has 2 saturated heterocycles. The first-order valence-electron chi connectivity index (χ1n) is 14.9. The van der Waals surface area contributed by atoms with Gasteiger partial charge in [-0.2, -0.15) is 9.50 Å². The highest BCUT2D eigenvalue weighted by molar-refractivity contribution is 5.79. The van der Waals surface area contributed by atoms with Gasteiger partial charge in [0.05, 0.1) is 30.1 Å². The van der Waals surface area contributed by atoms with Crippen molar-refractivity contribution in [2.75, 3.05) is 31.1 Å². The van der Waals surface area contributed by atoms with E-state index in [4.69, 9.17) is 9.47 Å². The van der Waals surface area contributed by atoms with Gasteiger partial charge in [-0.05, 0) is 83.9 Å². The first-order chi connectivity index (χ1) is 19.2. The Kier molecular flexibility index (Phi) is 7.42. The number of aryl methyl sites for hydroxylation is 3. The van der Waals surface area contributed by atoms with Crippen molar-refractivity contribution in [3.63, 3.8) is 0 Å². The van der Waals surface area contributed by atoms with Crippen LogP contribution in [-0.4, -0.2) is 74.9 Å². The van der Waals surface area contributed by atoms with Crippen LogP contribution in [0.2, 0.25) is 0 Å². The number of fused-ring (bicyclic) bond motifs is 1. The number of hydrogen-bond acceptors (Lipinski definition) is 7. The lowest BCUT2D eigenvalue weighted by molar-refractivity contribution is -0.148. The van der Waals surface area contributed by atoms with Gasteiger partial charge in [0.2, 0.25) is 5.91 Å². The molecule has 0 unspecified atom stereocenters. The lowest BCUT2D eigenvalue weighted by atomic mass is 9.78. The molecule has 3 atom stereocenters. The van der Waals surface area contributed by atoms with Crippen LogP contribution in [0.15, 0.2) is 24.3 Å². The molecule has 0 bridgehead atoms. The Balaban J connectivity index is 1.03. The fourth-order valence-electron chi connectivity index (χ4n) is 6.90. The molecule has 3 aromatic rings. The van der Waals surface area contributed by atoms with Crippen molar-refractivity contribution in [3.05, 3.63) is 47.0 Å². The van der Waals surface area contributed by atoms with E-state index in [0.29, 0.717) is 23.4 Å². The zero-order chi connectivity index (χ0) is 28.0. The lowest BCUT2D eigenvalue weighted by Crippen LogP contribution is -2.50. The summed E-state index contributed by atoms with van der Waals surface area (Å²) in [5.41, 5.74) is 4.43. The average molecular weight is 547 g/mol. The molecule has 40 heavy (non-hydrogen) atoms. The molecule has 1 aliphatic carbocycles. The zero-order valence-corrected chi connectivity index (χ0v) is 24.5. The number of hydrogen-bond donors (Lipinski definition) is 0. The van der Waals surface area contributed by atoms with E-state index in [1.165, 1.54) is 11.3 Å². The minimum absolute atomic E-state index is 0.103. The van der Waals surface area contributed by atoms with Crippen molar-refractivity contribution in [2.45, 2.75) is 91.0 Å². The predicted molar refractivity (Wildman–Crippen MR) is 154 cm³/mol. The van der Waals surface area contributed by atoms with Crippen molar-refractivity contribution in [1.82, 2.24) is 24.5 Å². The van der Waals surface area contributed by atoms with Crippen LogP contribution >= 0.6 is 0 Å². The monoisotopic (exact) mass is 546 g/mol. The molecule has 0 spiro atoms. The number of morpholine rings is 1. The Labute approximate surface area is 236 Å². The first-order valence-corrected chi connectivity index (χ1v) is 14.9. The summed E-state index contributed by atoms with van der Waals surface area (Å²) in [6, 6.07) is 9.10. The topological polar surface area (TPSA) is 85.1 Å². The minimum Gasteiger partial charge on any atom is -0.485 e. The second-order valence-corrected chi connectivity index (χ2v) is 12.1. The Morgan fingerprint density at radius 1 is 0.925 bits per heavy atom. The summed E-state index contributed by atoms with van der Waals surface area (Å²) in [6.07, 6.45) is 5.42. The van der Waals surface area contributed by atoms with Gasteiger partial charge >= 0.3 is 0 Å². The predicted octanol–water partition coefficient (Wildman–Crippen LogP) is 4.62. The summed E-state index contributed by atoms with van der Waals surface area (Å²) >= 11 is 0. The number of nitrogens with zero attached hydrogens (tertiary/aromatic N) is 6. The van der Waals surface area contributed by atoms with Crippen molar-refractivity contribution in [3.8, 4) is 5.75 Å². The number of anilines is 1. The van der Waals surface area contributed by atoms with E-state index in [0.717, 1.165) is 75.4 Å². The Morgan fingerprint density at radius 3 is 2.33 bits per heavy atom. The summed E-state index contributed by atoms with van der Waals surface area (Å²) in [5.74, 6) is 3.16. The number of carbonyl (C=O) groups is 1. The molecule has 9 heteroatoms. The number of aromatic nitrogens is 4. The summed E-state index contributed by atoms with van der Waals surface area (Å²) in [5, 5.41) is 4.47. The van der Waals surface area contributed by atoms with Crippen LogP contribution in [0.25, 0.3) is 5.78 Å². The zero-order valence-electron chi connectivity index (χ0n) is 24.5. The largest absolute Gasteiger partial charge is 0.485 e. The molecule has 214 valence electrons. The van der Waals surface area contributed by atoms with Gasteiger partial charge in [0, 0.05) is 37.7 Å². The van der Waals surface area contributed by atoms with E-state index in [-0.39, 0.29) is 24.2 Å². The Morgan fingerprint density at radius 2 is 1.62 bits per heavy atom. The summed E-state index contributed by atoms with van der Waals surface area (Å²) < 4.78 is 14.1. The van der Waals surface area contributed by atoms with E-state index >= 15 is 0 Å². The molecule has 9 nitrogen and oxygen atoms in total. The molecule has 1 saturated carbocycles. The fourth-order valence-corrected chi connectivity index (χ4v) is 6.90. The van der Waals surface area contributed by atoms with Crippen molar-refractivity contribution >= 4 is 17.4 Å². The Hall–Kier alpha value is -3.20. The highest BCUT2D eigenvalue weighted by Gasteiger charge is 2.33. The summed E-state index contributed by atoms with van der Waals surface area (Å²) in [6.45, 7) is 13.2. The third kappa shape index (κ3) is 5.40. The van der Waals surface area contributed by atoms with Gasteiger partial charge in [0.25, 0.3) is 5.78 Å². The number of carbonyl (C=O) groups excluding carboxylic acids is 1. The SMILES string of the molecule is Cc1nc2nc(C)c(O[C@@H]3CCN(c4ccc([C@H]5CC[C@H](C(=O)N6C[C@@H](C)O[C@H](C)C6)CC5)cc4)C3)c(C)n2n1. The number of benzene rings is 1.